The first-order valence-electron chi connectivity index (χ1n) is 6.10. The van der Waals surface area contributed by atoms with Gasteiger partial charge in [0.2, 0.25) is 5.91 Å². The Kier molecular flexibility index (Phi) is 3.78. The zero-order valence-electron chi connectivity index (χ0n) is 10.7. The summed E-state index contributed by atoms with van der Waals surface area (Å²) >= 11 is 0. The summed E-state index contributed by atoms with van der Waals surface area (Å²) in [5.41, 5.74) is 2.99. The summed E-state index contributed by atoms with van der Waals surface area (Å²) in [5.74, 6) is -0.124. The van der Waals surface area contributed by atoms with E-state index in [4.69, 9.17) is 0 Å². The molecule has 0 spiro atoms. The SMILES string of the molecule is Cc1ccccc1NC(=O)[C@H](C)c1ccccc1. The van der Waals surface area contributed by atoms with Crippen LogP contribution in [0.4, 0.5) is 5.69 Å². The molecular weight excluding hydrogens is 222 g/mol. The predicted molar refractivity (Wildman–Crippen MR) is 74.7 cm³/mol. The van der Waals surface area contributed by atoms with E-state index in [1.807, 2.05) is 68.4 Å². The van der Waals surface area contributed by atoms with Crippen LogP contribution in [0.15, 0.2) is 54.6 Å². The molecular formula is C16H17NO. The van der Waals surface area contributed by atoms with Crippen molar-refractivity contribution in [3.63, 3.8) is 0 Å². The van der Waals surface area contributed by atoms with Crippen molar-refractivity contribution in [3.05, 3.63) is 65.7 Å². The molecule has 1 N–H and O–H groups in total. The predicted octanol–water partition coefficient (Wildman–Crippen LogP) is 3.74. The minimum atomic E-state index is -0.147. The Labute approximate surface area is 108 Å². The molecule has 0 aliphatic heterocycles. The lowest BCUT2D eigenvalue weighted by atomic mass is 10.0. The van der Waals surface area contributed by atoms with Crippen molar-refractivity contribution in [2.45, 2.75) is 19.8 Å². The van der Waals surface area contributed by atoms with Gasteiger partial charge in [0.05, 0.1) is 5.92 Å². The Balaban J connectivity index is 2.12. The average Bonchev–Trinajstić information content (AvgIpc) is 2.41. The molecule has 18 heavy (non-hydrogen) atoms. The van der Waals surface area contributed by atoms with E-state index in [9.17, 15) is 4.79 Å². The number of hydrogen-bond acceptors (Lipinski definition) is 1. The van der Waals surface area contributed by atoms with Crippen molar-refractivity contribution < 1.29 is 4.79 Å². The number of carbonyl (C=O) groups excluding carboxylic acids is 1. The molecule has 0 aliphatic rings. The van der Waals surface area contributed by atoms with Gasteiger partial charge in [-0.15, -0.1) is 0 Å². The minimum absolute atomic E-state index is 0.0236. The van der Waals surface area contributed by atoms with E-state index in [1.165, 1.54) is 0 Å². The molecule has 2 nitrogen and oxygen atoms in total. The monoisotopic (exact) mass is 239 g/mol. The van der Waals surface area contributed by atoms with Gasteiger partial charge in [-0.2, -0.15) is 0 Å². The van der Waals surface area contributed by atoms with Gasteiger partial charge in [-0.25, -0.2) is 0 Å². The first kappa shape index (κ1) is 12.4. The third-order valence-corrected chi connectivity index (χ3v) is 3.10. The van der Waals surface area contributed by atoms with Gasteiger partial charge in [0.1, 0.15) is 0 Å². The van der Waals surface area contributed by atoms with Crippen LogP contribution in [0.3, 0.4) is 0 Å². The molecule has 0 bridgehead atoms. The highest BCUT2D eigenvalue weighted by Crippen LogP contribution is 2.19. The van der Waals surface area contributed by atoms with Crippen LogP contribution in [0.1, 0.15) is 24.0 Å². The Morgan fingerprint density at radius 3 is 2.28 bits per heavy atom. The number of aryl methyl sites for hydroxylation is 1. The zero-order valence-corrected chi connectivity index (χ0v) is 10.7. The van der Waals surface area contributed by atoms with Crippen molar-refractivity contribution in [1.82, 2.24) is 0 Å². The zero-order chi connectivity index (χ0) is 13.0. The molecule has 0 saturated carbocycles. The Hall–Kier alpha value is -2.09. The van der Waals surface area contributed by atoms with Gasteiger partial charge in [-0.3, -0.25) is 4.79 Å². The molecule has 0 fully saturated rings. The summed E-state index contributed by atoms with van der Waals surface area (Å²) in [7, 11) is 0. The normalized spacial score (nSPS) is 11.9. The molecule has 2 rings (SSSR count). The van der Waals surface area contributed by atoms with Crippen LogP contribution in [0.5, 0.6) is 0 Å². The number of hydrogen-bond donors (Lipinski definition) is 1. The van der Waals surface area contributed by atoms with Gasteiger partial charge in [-0.05, 0) is 31.0 Å². The fourth-order valence-corrected chi connectivity index (χ4v) is 1.85. The summed E-state index contributed by atoms with van der Waals surface area (Å²) in [6, 6.07) is 17.6. The Bertz CT molecular complexity index is 534. The number of carbonyl (C=O) groups is 1. The average molecular weight is 239 g/mol. The molecule has 92 valence electrons. The van der Waals surface area contributed by atoms with Crippen LogP contribution in [-0.4, -0.2) is 5.91 Å². The minimum Gasteiger partial charge on any atom is -0.325 e. The second-order valence-electron chi connectivity index (χ2n) is 4.44. The first-order valence-corrected chi connectivity index (χ1v) is 6.10. The van der Waals surface area contributed by atoms with Crippen LogP contribution in [0, 0.1) is 6.92 Å². The maximum atomic E-state index is 12.2. The second-order valence-corrected chi connectivity index (χ2v) is 4.44. The fourth-order valence-electron chi connectivity index (χ4n) is 1.85. The topological polar surface area (TPSA) is 29.1 Å². The number of rotatable bonds is 3. The van der Waals surface area contributed by atoms with Crippen LogP contribution in [0.25, 0.3) is 0 Å². The fraction of sp³-hybridized carbons (Fsp3) is 0.188. The summed E-state index contributed by atoms with van der Waals surface area (Å²) in [5, 5.41) is 2.97. The Morgan fingerprint density at radius 1 is 1.00 bits per heavy atom. The van der Waals surface area contributed by atoms with Gasteiger partial charge in [0.15, 0.2) is 0 Å². The van der Waals surface area contributed by atoms with Crippen molar-refractivity contribution in [1.29, 1.82) is 0 Å². The van der Waals surface area contributed by atoms with E-state index in [-0.39, 0.29) is 11.8 Å². The van der Waals surface area contributed by atoms with Crippen molar-refractivity contribution >= 4 is 11.6 Å². The molecule has 2 heteroatoms. The van der Waals surface area contributed by atoms with Crippen LogP contribution < -0.4 is 5.32 Å². The smallest absolute Gasteiger partial charge is 0.231 e. The van der Waals surface area contributed by atoms with E-state index < -0.39 is 0 Å². The van der Waals surface area contributed by atoms with Crippen LogP contribution in [-0.2, 0) is 4.79 Å². The maximum absolute atomic E-state index is 12.2. The molecule has 0 aliphatic carbocycles. The van der Waals surface area contributed by atoms with Crippen molar-refractivity contribution in [3.8, 4) is 0 Å². The second kappa shape index (κ2) is 5.50. The summed E-state index contributed by atoms with van der Waals surface area (Å²) < 4.78 is 0. The van der Waals surface area contributed by atoms with Gasteiger partial charge in [0.25, 0.3) is 0 Å². The van der Waals surface area contributed by atoms with Gasteiger partial charge in [0, 0.05) is 5.69 Å². The highest BCUT2D eigenvalue weighted by molar-refractivity contribution is 5.96. The standard InChI is InChI=1S/C16H17NO/c1-12-8-6-7-11-15(12)17-16(18)13(2)14-9-4-3-5-10-14/h3-11,13H,1-2H3,(H,17,18)/t13-/m1/s1. The van der Waals surface area contributed by atoms with Gasteiger partial charge < -0.3 is 5.32 Å². The summed E-state index contributed by atoms with van der Waals surface area (Å²) in [4.78, 5) is 12.2. The third-order valence-electron chi connectivity index (χ3n) is 3.10. The number of benzene rings is 2. The molecule has 1 amide bonds. The highest BCUT2D eigenvalue weighted by Gasteiger charge is 2.15. The lowest BCUT2D eigenvalue weighted by Gasteiger charge is -2.13. The lowest BCUT2D eigenvalue weighted by molar-refractivity contribution is -0.117. The van der Waals surface area contributed by atoms with E-state index in [1.54, 1.807) is 0 Å². The number of nitrogens with one attached hydrogen (secondary N) is 1. The van der Waals surface area contributed by atoms with E-state index in [2.05, 4.69) is 5.32 Å². The molecule has 2 aromatic carbocycles. The molecule has 0 aromatic heterocycles. The number of amides is 1. The van der Waals surface area contributed by atoms with E-state index >= 15 is 0 Å². The molecule has 0 saturated heterocycles. The van der Waals surface area contributed by atoms with Crippen molar-refractivity contribution in [2.75, 3.05) is 5.32 Å². The Morgan fingerprint density at radius 2 is 1.61 bits per heavy atom. The van der Waals surface area contributed by atoms with Gasteiger partial charge >= 0.3 is 0 Å². The quantitative estimate of drug-likeness (QED) is 0.868. The van der Waals surface area contributed by atoms with E-state index in [0.717, 1.165) is 16.8 Å². The number of anilines is 1. The maximum Gasteiger partial charge on any atom is 0.231 e. The van der Waals surface area contributed by atoms with Crippen LogP contribution >= 0.6 is 0 Å². The van der Waals surface area contributed by atoms with Crippen LogP contribution in [0.2, 0.25) is 0 Å². The molecule has 0 heterocycles. The molecule has 1 atom stereocenters. The molecule has 2 aromatic rings. The molecule has 0 radical (unpaired) electrons. The lowest BCUT2D eigenvalue weighted by Crippen LogP contribution is -2.19. The summed E-state index contributed by atoms with van der Waals surface area (Å²) in [6.07, 6.45) is 0. The number of para-hydroxylation sites is 1. The van der Waals surface area contributed by atoms with Gasteiger partial charge in [-0.1, -0.05) is 48.5 Å². The summed E-state index contributed by atoms with van der Waals surface area (Å²) in [6.45, 7) is 3.91. The largest absolute Gasteiger partial charge is 0.325 e. The molecule has 0 unspecified atom stereocenters. The third kappa shape index (κ3) is 2.77. The van der Waals surface area contributed by atoms with Crippen molar-refractivity contribution in [2.24, 2.45) is 0 Å². The first-order chi connectivity index (χ1) is 8.68. The van der Waals surface area contributed by atoms with E-state index in [0.29, 0.717) is 0 Å². The highest BCUT2D eigenvalue weighted by atomic mass is 16.1.